The summed E-state index contributed by atoms with van der Waals surface area (Å²) >= 11 is 5.89. The highest BCUT2D eigenvalue weighted by Crippen LogP contribution is 2.36. The molecule has 0 saturated heterocycles. The minimum atomic E-state index is -4.25. The second-order valence-corrected chi connectivity index (χ2v) is 7.33. The van der Waals surface area contributed by atoms with Crippen molar-refractivity contribution in [3.05, 3.63) is 82.1 Å². The number of carbonyl (C=O) groups excluding carboxylic acids is 1. The van der Waals surface area contributed by atoms with Gasteiger partial charge in [-0.2, -0.15) is 8.42 Å². The summed E-state index contributed by atoms with van der Waals surface area (Å²) in [4.78, 5) is 12.6. The summed E-state index contributed by atoms with van der Waals surface area (Å²) in [6.07, 6.45) is -2.48. The van der Waals surface area contributed by atoms with Gasteiger partial charge in [-0.15, -0.1) is 0 Å². The van der Waals surface area contributed by atoms with Crippen molar-refractivity contribution in [3.63, 3.8) is 0 Å². The monoisotopic (exact) mass is 398 g/mol. The van der Waals surface area contributed by atoms with Crippen molar-refractivity contribution in [2.24, 2.45) is 5.73 Å². The predicted molar refractivity (Wildman–Crippen MR) is 91.6 cm³/mol. The van der Waals surface area contributed by atoms with Gasteiger partial charge in [0.1, 0.15) is 11.6 Å². The Balaban J connectivity index is 1.87. The molecule has 1 aliphatic heterocycles. The predicted octanol–water partition coefficient (Wildman–Crippen LogP) is 2.79. The topological polar surface area (TPSA) is 95.7 Å². The number of benzene rings is 2. The molecule has 1 aliphatic rings. The molecule has 0 radical (unpaired) electrons. The quantitative estimate of drug-likeness (QED) is 0.778. The Hall–Kier alpha value is -2.58. The summed E-state index contributed by atoms with van der Waals surface area (Å²) in [6, 6.07) is 11.1. The molecular weight excluding hydrogens is 385 g/mol. The minimum absolute atomic E-state index is 0.197. The van der Waals surface area contributed by atoms with Crippen LogP contribution in [0.15, 0.2) is 60.2 Å². The van der Waals surface area contributed by atoms with Gasteiger partial charge in [0.2, 0.25) is 17.4 Å². The van der Waals surface area contributed by atoms with Gasteiger partial charge in [-0.25, -0.2) is 4.39 Å². The van der Waals surface area contributed by atoms with E-state index in [0.717, 1.165) is 18.2 Å². The highest BCUT2D eigenvalue weighted by molar-refractivity contribution is 7.86. The number of hydrogen-bond acceptors (Lipinski definition) is 6. The molecule has 9 heteroatoms. The maximum atomic E-state index is 13.2. The van der Waals surface area contributed by atoms with E-state index in [0.29, 0.717) is 5.56 Å². The summed E-state index contributed by atoms with van der Waals surface area (Å²) in [5.74, 6) is -3.85. The van der Waals surface area contributed by atoms with Crippen LogP contribution in [0.4, 0.5) is 4.39 Å². The van der Waals surface area contributed by atoms with Gasteiger partial charge in [-0.05, 0) is 17.7 Å². The molecule has 0 unspecified atom stereocenters. The number of carbonyl (C=O) groups is 1. The van der Waals surface area contributed by atoms with Crippen molar-refractivity contribution in [1.29, 1.82) is 0 Å². The Morgan fingerprint density at radius 3 is 2.62 bits per heavy atom. The zero-order valence-corrected chi connectivity index (χ0v) is 14.7. The summed E-state index contributed by atoms with van der Waals surface area (Å²) in [6.45, 7) is 0. The fraction of sp³-hybridized carbons (Fsp3) is 0.118. The van der Waals surface area contributed by atoms with Gasteiger partial charge in [0.25, 0.3) is 0 Å². The van der Waals surface area contributed by atoms with E-state index < -0.39 is 45.2 Å². The molecule has 1 atom stereocenters. The lowest BCUT2D eigenvalue weighted by molar-refractivity contribution is -0.123. The Labute approximate surface area is 155 Å². The first-order chi connectivity index (χ1) is 12.6. The van der Waals surface area contributed by atoms with Crippen LogP contribution in [0.5, 0.6) is 0 Å². The maximum absolute atomic E-state index is 13.2. The van der Waals surface area contributed by atoms with Crippen LogP contribution in [0.3, 0.4) is 0 Å². The largest absolute Gasteiger partial charge is 0.460 e. The van der Waals surface area contributed by atoms with Gasteiger partial charge in [0, 0.05) is 5.56 Å². The molecule has 0 amide bonds. The number of halogens is 2. The van der Waals surface area contributed by atoms with Gasteiger partial charge in [-0.3, -0.25) is 4.79 Å². The Morgan fingerprint density at radius 2 is 1.96 bits per heavy atom. The molecule has 3 rings (SSSR count). The number of nitrogens with two attached hydrogens (primary N) is 1. The van der Waals surface area contributed by atoms with Gasteiger partial charge in [0.05, 0.1) is 6.39 Å². The van der Waals surface area contributed by atoms with Crippen LogP contribution >= 0.6 is 11.6 Å². The van der Waals surface area contributed by atoms with E-state index in [2.05, 4.69) is 0 Å². The van der Waals surface area contributed by atoms with Crippen molar-refractivity contribution in [3.8, 4) is 0 Å². The third-order valence-electron chi connectivity index (χ3n) is 3.42. The number of ketones is 1. The Morgan fingerprint density at radius 1 is 1.27 bits per heavy atom. The highest BCUT2D eigenvalue weighted by Gasteiger charge is 2.40. The van der Waals surface area contributed by atoms with E-state index >= 15 is 0 Å². The standard InChI is InChI=1S/C17H13ClFNO5S/c18-13-8-11(19)6-7-12(13)15-14(21)16(17(20)24-15)25-26(22,23)9-10-4-2-1-3-5-10/h1-8,15H,9,20H2/t15-/m1/s1/i15D. The zero-order chi connectivity index (χ0) is 19.8. The van der Waals surface area contributed by atoms with Crippen LogP contribution in [0.2, 0.25) is 5.02 Å². The normalized spacial score (nSPS) is 20.7. The van der Waals surface area contributed by atoms with Gasteiger partial charge >= 0.3 is 10.1 Å². The van der Waals surface area contributed by atoms with Crippen molar-refractivity contribution in [1.82, 2.24) is 0 Å². The summed E-state index contributed by atoms with van der Waals surface area (Å²) in [5, 5.41) is -0.250. The minimum Gasteiger partial charge on any atom is -0.460 e. The zero-order valence-electron chi connectivity index (χ0n) is 14.1. The van der Waals surface area contributed by atoms with E-state index in [9.17, 15) is 17.6 Å². The lowest BCUT2D eigenvalue weighted by atomic mass is 10.1. The number of ether oxygens (including phenoxy) is 1. The lowest BCUT2D eigenvalue weighted by Crippen LogP contribution is -2.16. The molecule has 0 aromatic heterocycles. The van der Waals surface area contributed by atoms with E-state index in [1.165, 1.54) is 0 Å². The van der Waals surface area contributed by atoms with Gasteiger partial charge < -0.3 is 14.7 Å². The first-order valence-corrected chi connectivity index (χ1v) is 9.23. The number of hydrogen-bond donors (Lipinski definition) is 1. The van der Waals surface area contributed by atoms with E-state index in [4.69, 9.17) is 27.6 Å². The molecule has 0 aliphatic carbocycles. The Kier molecular flexibility index (Phi) is 4.52. The van der Waals surface area contributed by atoms with Crippen molar-refractivity contribution in [2.75, 3.05) is 0 Å². The van der Waals surface area contributed by atoms with Crippen LogP contribution in [0.1, 0.15) is 18.6 Å². The smallest absolute Gasteiger partial charge is 0.313 e. The average molecular weight is 399 g/mol. The fourth-order valence-electron chi connectivity index (χ4n) is 2.28. The van der Waals surface area contributed by atoms with Crippen LogP contribution in [-0.2, 0) is 29.6 Å². The number of rotatable bonds is 5. The molecule has 2 N–H and O–H groups in total. The van der Waals surface area contributed by atoms with Crippen LogP contribution in [-0.4, -0.2) is 14.2 Å². The molecule has 6 nitrogen and oxygen atoms in total. The van der Waals surface area contributed by atoms with Crippen LogP contribution in [0.25, 0.3) is 0 Å². The summed E-state index contributed by atoms with van der Waals surface area (Å²) in [5.41, 5.74) is 5.81. The van der Waals surface area contributed by atoms with E-state index in [-0.39, 0.29) is 10.6 Å². The van der Waals surface area contributed by atoms with Crippen LogP contribution in [0, 0.1) is 5.82 Å². The molecule has 0 bridgehead atoms. The average Bonchev–Trinajstić information content (AvgIpc) is 2.79. The van der Waals surface area contributed by atoms with Crippen molar-refractivity contribution < 1.29 is 27.9 Å². The first-order valence-electron chi connectivity index (χ1n) is 7.77. The molecule has 0 spiro atoms. The second-order valence-electron chi connectivity index (χ2n) is 5.35. The highest BCUT2D eigenvalue weighted by atomic mass is 35.5. The molecule has 1 heterocycles. The first kappa shape index (κ1) is 16.9. The molecule has 26 heavy (non-hydrogen) atoms. The lowest BCUT2D eigenvalue weighted by Gasteiger charge is -2.11. The van der Waals surface area contributed by atoms with Crippen LogP contribution < -0.4 is 5.73 Å². The maximum Gasteiger partial charge on any atom is 0.313 e. The Bertz CT molecular complexity index is 1040. The third-order valence-corrected chi connectivity index (χ3v) is 4.84. The van der Waals surface area contributed by atoms with Gasteiger partial charge in [0.15, 0.2) is 6.08 Å². The van der Waals surface area contributed by atoms with Gasteiger partial charge in [-0.1, -0.05) is 48.0 Å². The summed E-state index contributed by atoms with van der Waals surface area (Å²) in [7, 11) is -4.25. The summed E-state index contributed by atoms with van der Waals surface area (Å²) < 4.78 is 55.9. The molecule has 136 valence electrons. The molecular formula is C17H13ClFNO5S. The fourth-order valence-corrected chi connectivity index (χ4v) is 3.61. The third kappa shape index (κ3) is 3.81. The van der Waals surface area contributed by atoms with Crippen molar-refractivity contribution >= 4 is 27.5 Å². The second kappa shape index (κ2) is 6.97. The van der Waals surface area contributed by atoms with E-state index in [1.807, 2.05) is 0 Å². The molecule has 2 aromatic rings. The molecule has 0 fully saturated rings. The SMILES string of the molecule is [2H][C@]1(c2ccc(F)cc2Cl)OC(N)=C(OS(=O)(=O)Cc2ccccc2)C1=O. The molecule has 0 saturated carbocycles. The van der Waals surface area contributed by atoms with E-state index in [1.54, 1.807) is 30.3 Å². The van der Waals surface area contributed by atoms with Crippen molar-refractivity contribution in [2.45, 2.75) is 11.8 Å². The molecule has 2 aromatic carbocycles. The number of Topliss-reactive ketones (excluding diaryl/α,β-unsaturated/α-hetero) is 1.